The second-order valence-corrected chi connectivity index (χ2v) is 8.75. The van der Waals surface area contributed by atoms with Crippen LogP contribution < -0.4 is 10.5 Å². The second kappa shape index (κ2) is 6.75. The molecule has 1 aliphatic carbocycles. The first-order chi connectivity index (χ1) is 12.8. The van der Waals surface area contributed by atoms with Gasteiger partial charge in [-0.05, 0) is 49.6 Å². The Labute approximate surface area is 160 Å². The van der Waals surface area contributed by atoms with Crippen LogP contribution in [0.4, 0.5) is 5.82 Å². The molecule has 0 unspecified atom stereocenters. The van der Waals surface area contributed by atoms with Gasteiger partial charge in [-0.3, -0.25) is 5.10 Å². The van der Waals surface area contributed by atoms with Gasteiger partial charge in [0.15, 0.2) is 5.82 Å². The monoisotopic (exact) mass is 407 g/mol. The number of aromatic amines is 1. The van der Waals surface area contributed by atoms with Crippen molar-refractivity contribution < 1.29 is 13.5 Å². The first kappa shape index (κ1) is 18.2. The standard InChI is InChI=1S/C17H18ClN5O3S/c18-13-8-11(27(25,26)23-9-1-2-10(24)7-9)3-4-12(13)14-5-6-15-16(20-14)17(19)22-21-15/h3-6,8-10,23-24H,1-2,7H2,(H3,19,21,22)/t9-,10+/m1/s1. The molecule has 142 valence electrons. The lowest BCUT2D eigenvalue weighted by atomic mass is 10.1. The van der Waals surface area contributed by atoms with E-state index in [1.54, 1.807) is 18.2 Å². The Bertz CT molecular complexity index is 1110. The molecule has 2 heterocycles. The van der Waals surface area contributed by atoms with Gasteiger partial charge in [0.05, 0.1) is 27.2 Å². The van der Waals surface area contributed by atoms with Crippen LogP contribution in [0.3, 0.4) is 0 Å². The lowest BCUT2D eigenvalue weighted by Crippen LogP contribution is -2.33. The zero-order valence-corrected chi connectivity index (χ0v) is 15.8. The Morgan fingerprint density at radius 1 is 1.26 bits per heavy atom. The molecule has 0 bridgehead atoms. The number of sulfonamides is 1. The summed E-state index contributed by atoms with van der Waals surface area (Å²) >= 11 is 6.35. The Balaban J connectivity index is 1.64. The first-order valence-corrected chi connectivity index (χ1v) is 10.3. The average molecular weight is 408 g/mol. The number of pyridine rings is 1. The van der Waals surface area contributed by atoms with Gasteiger partial charge in [0, 0.05) is 11.6 Å². The van der Waals surface area contributed by atoms with Crippen molar-refractivity contribution in [2.75, 3.05) is 5.73 Å². The number of H-pyrrole nitrogens is 1. The number of hydrogen-bond acceptors (Lipinski definition) is 6. The Morgan fingerprint density at radius 2 is 2.07 bits per heavy atom. The summed E-state index contributed by atoms with van der Waals surface area (Å²) in [6.07, 6.45) is 1.17. The summed E-state index contributed by atoms with van der Waals surface area (Å²) in [4.78, 5) is 4.52. The van der Waals surface area contributed by atoms with Crippen LogP contribution in [0.15, 0.2) is 35.2 Å². The average Bonchev–Trinajstić information content (AvgIpc) is 3.20. The van der Waals surface area contributed by atoms with Gasteiger partial charge in [-0.2, -0.15) is 5.10 Å². The molecule has 3 aromatic rings. The van der Waals surface area contributed by atoms with Crippen LogP contribution in [0.5, 0.6) is 0 Å². The number of fused-ring (bicyclic) bond motifs is 1. The van der Waals surface area contributed by atoms with Gasteiger partial charge in [-0.1, -0.05) is 11.6 Å². The van der Waals surface area contributed by atoms with Gasteiger partial charge >= 0.3 is 0 Å². The van der Waals surface area contributed by atoms with E-state index in [9.17, 15) is 13.5 Å². The van der Waals surface area contributed by atoms with Crippen LogP contribution in [0.1, 0.15) is 19.3 Å². The molecule has 2 aromatic heterocycles. The smallest absolute Gasteiger partial charge is 0.240 e. The molecule has 1 aromatic carbocycles. The topological polar surface area (TPSA) is 134 Å². The van der Waals surface area contributed by atoms with Crippen molar-refractivity contribution in [2.45, 2.75) is 36.3 Å². The predicted octanol–water partition coefficient (Wildman–Crippen LogP) is 2.05. The highest BCUT2D eigenvalue weighted by Gasteiger charge is 2.28. The van der Waals surface area contributed by atoms with Crippen molar-refractivity contribution >= 4 is 38.5 Å². The first-order valence-electron chi connectivity index (χ1n) is 8.44. The molecule has 10 heteroatoms. The number of nitrogens with zero attached hydrogens (tertiary/aromatic N) is 2. The number of benzene rings is 1. The fourth-order valence-electron chi connectivity index (χ4n) is 3.29. The van der Waals surface area contributed by atoms with Crippen LogP contribution in [0.25, 0.3) is 22.3 Å². The minimum Gasteiger partial charge on any atom is -0.393 e. The summed E-state index contributed by atoms with van der Waals surface area (Å²) in [7, 11) is -3.72. The minimum absolute atomic E-state index is 0.0709. The summed E-state index contributed by atoms with van der Waals surface area (Å²) < 4.78 is 27.8. The van der Waals surface area contributed by atoms with Crippen LogP contribution >= 0.6 is 11.6 Å². The maximum Gasteiger partial charge on any atom is 0.240 e. The lowest BCUT2D eigenvalue weighted by Gasteiger charge is -2.14. The molecular weight excluding hydrogens is 390 g/mol. The van der Waals surface area contributed by atoms with E-state index in [-0.39, 0.29) is 21.8 Å². The van der Waals surface area contributed by atoms with E-state index >= 15 is 0 Å². The van der Waals surface area contributed by atoms with Crippen LogP contribution in [0.2, 0.25) is 5.02 Å². The highest BCUT2D eigenvalue weighted by atomic mass is 35.5. The molecule has 0 radical (unpaired) electrons. The second-order valence-electron chi connectivity index (χ2n) is 6.63. The summed E-state index contributed by atoms with van der Waals surface area (Å²) in [6, 6.07) is 7.78. The molecule has 4 rings (SSSR count). The van der Waals surface area contributed by atoms with Gasteiger partial charge in [0.25, 0.3) is 0 Å². The van der Waals surface area contributed by atoms with Crippen molar-refractivity contribution in [2.24, 2.45) is 0 Å². The van der Waals surface area contributed by atoms with Gasteiger partial charge in [0.2, 0.25) is 10.0 Å². The van der Waals surface area contributed by atoms with E-state index in [4.69, 9.17) is 17.3 Å². The number of hydrogen-bond donors (Lipinski definition) is 4. The maximum absolute atomic E-state index is 12.6. The van der Waals surface area contributed by atoms with E-state index in [0.29, 0.717) is 41.6 Å². The van der Waals surface area contributed by atoms with E-state index in [1.165, 1.54) is 12.1 Å². The summed E-state index contributed by atoms with van der Waals surface area (Å²) in [5.41, 5.74) is 8.18. The molecule has 1 aliphatic rings. The number of halogens is 1. The Hall–Kier alpha value is -2.20. The Morgan fingerprint density at radius 3 is 2.78 bits per heavy atom. The van der Waals surface area contributed by atoms with E-state index < -0.39 is 16.1 Å². The van der Waals surface area contributed by atoms with Crippen molar-refractivity contribution in [3.05, 3.63) is 35.4 Å². The predicted molar refractivity (Wildman–Crippen MR) is 103 cm³/mol. The van der Waals surface area contributed by atoms with Gasteiger partial charge in [-0.15, -0.1) is 0 Å². The Kier molecular flexibility index (Phi) is 4.55. The van der Waals surface area contributed by atoms with Crippen LogP contribution in [-0.4, -0.2) is 40.9 Å². The number of nitrogens with one attached hydrogen (secondary N) is 2. The molecular formula is C17H18ClN5O3S. The molecule has 5 N–H and O–H groups in total. The summed E-state index contributed by atoms with van der Waals surface area (Å²) in [6.45, 7) is 0. The van der Waals surface area contributed by atoms with Crippen LogP contribution in [0, 0.1) is 0 Å². The number of nitrogens with two attached hydrogens (primary N) is 1. The molecule has 8 nitrogen and oxygen atoms in total. The van der Waals surface area contributed by atoms with Gasteiger partial charge < -0.3 is 10.8 Å². The highest BCUT2D eigenvalue weighted by Crippen LogP contribution is 2.31. The molecule has 0 aliphatic heterocycles. The third kappa shape index (κ3) is 3.51. The molecule has 1 saturated carbocycles. The largest absolute Gasteiger partial charge is 0.393 e. The maximum atomic E-state index is 12.6. The molecule has 1 fully saturated rings. The molecule has 2 atom stereocenters. The zero-order valence-electron chi connectivity index (χ0n) is 14.2. The summed E-state index contributed by atoms with van der Waals surface area (Å²) in [5.74, 6) is 0.283. The quantitative estimate of drug-likeness (QED) is 0.523. The zero-order chi connectivity index (χ0) is 19.2. The lowest BCUT2D eigenvalue weighted by molar-refractivity contribution is 0.181. The normalized spacial score (nSPS) is 20.4. The molecule has 27 heavy (non-hydrogen) atoms. The number of aliphatic hydroxyl groups excluding tert-OH is 1. The third-order valence-electron chi connectivity index (χ3n) is 4.69. The third-order valence-corrected chi connectivity index (χ3v) is 6.52. The molecule has 0 amide bonds. The number of nitrogen functional groups attached to an aromatic ring is 1. The van der Waals surface area contributed by atoms with E-state index in [2.05, 4.69) is 19.9 Å². The van der Waals surface area contributed by atoms with Crippen LogP contribution in [-0.2, 0) is 10.0 Å². The van der Waals surface area contributed by atoms with E-state index in [1.807, 2.05) is 0 Å². The number of anilines is 1. The van der Waals surface area contributed by atoms with Gasteiger partial charge in [-0.25, -0.2) is 18.1 Å². The number of aromatic nitrogens is 3. The van der Waals surface area contributed by atoms with E-state index in [0.717, 1.165) is 0 Å². The minimum atomic E-state index is -3.72. The van der Waals surface area contributed by atoms with Crippen molar-refractivity contribution in [1.29, 1.82) is 0 Å². The highest BCUT2D eigenvalue weighted by molar-refractivity contribution is 7.89. The number of aliphatic hydroxyl groups is 1. The van der Waals surface area contributed by atoms with Crippen molar-refractivity contribution in [3.63, 3.8) is 0 Å². The summed E-state index contributed by atoms with van der Waals surface area (Å²) in [5, 5.41) is 16.5. The fraction of sp³-hybridized carbons (Fsp3) is 0.294. The molecule has 0 spiro atoms. The van der Waals surface area contributed by atoms with Crippen molar-refractivity contribution in [3.8, 4) is 11.3 Å². The fourth-order valence-corrected chi connectivity index (χ4v) is 4.94. The molecule has 0 saturated heterocycles. The number of rotatable bonds is 4. The van der Waals surface area contributed by atoms with Crippen molar-refractivity contribution in [1.82, 2.24) is 19.9 Å². The SMILES string of the molecule is Nc1n[nH]c2ccc(-c3ccc(S(=O)(=O)N[C@@H]4CC[C@H](O)C4)cc3Cl)nc12. The van der Waals surface area contributed by atoms with Gasteiger partial charge in [0.1, 0.15) is 5.52 Å².